The number of halogens is 1. The van der Waals surface area contributed by atoms with Gasteiger partial charge in [-0.3, -0.25) is 5.10 Å². The summed E-state index contributed by atoms with van der Waals surface area (Å²) in [5, 5.41) is 16.3. The molecule has 1 saturated carbocycles. The Hall–Kier alpha value is -2.15. The standard InChI is InChI=1S/C14H12FN3/c15-11-4-2-10(3-5-11)13-12(8-17-18-13)14(9-16)6-1-7-14/h2-5,8H,1,6-7H2,(H,17,18). The van der Waals surface area contributed by atoms with Gasteiger partial charge < -0.3 is 0 Å². The number of aromatic nitrogens is 2. The van der Waals surface area contributed by atoms with E-state index in [1.165, 1.54) is 12.1 Å². The lowest BCUT2D eigenvalue weighted by Gasteiger charge is -2.35. The lowest BCUT2D eigenvalue weighted by molar-refractivity contribution is 0.325. The van der Waals surface area contributed by atoms with Gasteiger partial charge >= 0.3 is 0 Å². The molecule has 4 heteroatoms. The predicted octanol–water partition coefficient (Wildman–Crippen LogP) is 3.16. The molecule has 1 heterocycles. The number of nitrogens with zero attached hydrogens (tertiary/aromatic N) is 2. The van der Waals surface area contributed by atoms with E-state index in [0.29, 0.717) is 0 Å². The monoisotopic (exact) mass is 241 g/mol. The average molecular weight is 241 g/mol. The van der Waals surface area contributed by atoms with Crippen LogP contribution >= 0.6 is 0 Å². The van der Waals surface area contributed by atoms with Crippen molar-refractivity contribution in [2.24, 2.45) is 0 Å². The minimum Gasteiger partial charge on any atom is -0.278 e. The zero-order chi connectivity index (χ0) is 12.6. The van der Waals surface area contributed by atoms with Gasteiger partial charge in [0.05, 0.1) is 23.4 Å². The van der Waals surface area contributed by atoms with Gasteiger partial charge in [-0.15, -0.1) is 0 Å². The molecule has 1 aromatic carbocycles. The third-order valence-corrected chi connectivity index (χ3v) is 3.71. The molecule has 0 bridgehead atoms. The van der Waals surface area contributed by atoms with Gasteiger partial charge in [0.1, 0.15) is 5.82 Å². The largest absolute Gasteiger partial charge is 0.278 e. The van der Waals surface area contributed by atoms with Crippen LogP contribution in [0.15, 0.2) is 30.5 Å². The number of hydrogen-bond acceptors (Lipinski definition) is 2. The molecule has 1 fully saturated rings. The number of H-pyrrole nitrogens is 1. The van der Waals surface area contributed by atoms with Crippen molar-refractivity contribution >= 4 is 0 Å². The topological polar surface area (TPSA) is 52.5 Å². The van der Waals surface area contributed by atoms with Crippen LogP contribution in [-0.2, 0) is 5.41 Å². The summed E-state index contributed by atoms with van der Waals surface area (Å²) in [6.07, 6.45) is 4.54. The first kappa shape index (κ1) is 11.0. The number of nitriles is 1. The maximum Gasteiger partial charge on any atom is 0.123 e. The van der Waals surface area contributed by atoms with E-state index >= 15 is 0 Å². The van der Waals surface area contributed by atoms with Crippen LogP contribution in [-0.4, -0.2) is 10.2 Å². The van der Waals surface area contributed by atoms with Gasteiger partial charge in [-0.05, 0) is 43.5 Å². The molecule has 1 aliphatic rings. The maximum atomic E-state index is 12.9. The number of rotatable bonds is 2. The van der Waals surface area contributed by atoms with E-state index in [1.54, 1.807) is 18.3 Å². The number of benzene rings is 1. The van der Waals surface area contributed by atoms with Gasteiger partial charge in [0.15, 0.2) is 0 Å². The molecular formula is C14H12FN3. The SMILES string of the molecule is N#CC1(c2cn[nH]c2-c2ccc(F)cc2)CCC1. The molecule has 2 aromatic rings. The zero-order valence-electron chi connectivity index (χ0n) is 9.78. The molecule has 0 atom stereocenters. The Morgan fingerprint density at radius 2 is 2.00 bits per heavy atom. The van der Waals surface area contributed by atoms with Crippen LogP contribution in [0.2, 0.25) is 0 Å². The number of hydrogen-bond donors (Lipinski definition) is 1. The van der Waals surface area contributed by atoms with Gasteiger partial charge in [-0.1, -0.05) is 0 Å². The van der Waals surface area contributed by atoms with Crippen molar-refractivity contribution in [2.45, 2.75) is 24.7 Å². The first-order valence-electron chi connectivity index (χ1n) is 5.96. The minimum atomic E-state index is -0.406. The van der Waals surface area contributed by atoms with Crippen LogP contribution in [0.5, 0.6) is 0 Å². The van der Waals surface area contributed by atoms with E-state index in [0.717, 1.165) is 36.1 Å². The highest BCUT2D eigenvalue weighted by atomic mass is 19.1. The second-order valence-corrected chi connectivity index (χ2v) is 4.71. The third-order valence-electron chi connectivity index (χ3n) is 3.71. The van der Waals surface area contributed by atoms with E-state index in [9.17, 15) is 9.65 Å². The van der Waals surface area contributed by atoms with Crippen molar-refractivity contribution in [3.63, 3.8) is 0 Å². The van der Waals surface area contributed by atoms with Crippen LogP contribution in [0.25, 0.3) is 11.3 Å². The molecule has 0 spiro atoms. The Morgan fingerprint density at radius 3 is 2.56 bits per heavy atom. The molecule has 1 N–H and O–H groups in total. The van der Waals surface area contributed by atoms with E-state index in [-0.39, 0.29) is 5.82 Å². The van der Waals surface area contributed by atoms with E-state index in [4.69, 9.17) is 0 Å². The fourth-order valence-electron chi connectivity index (χ4n) is 2.46. The second-order valence-electron chi connectivity index (χ2n) is 4.71. The molecule has 0 unspecified atom stereocenters. The Morgan fingerprint density at radius 1 is 1.28 bits per heavy atom. The van der Waals surface area contributed by atoms with E-state index < -0.39 is 5.41 Å². The summed E-state index contributed by atoms with van der Waals surface area (Å²) in [6.45, 7) is 0. The van der Waals surface area contributed by atoms with Crippen molar-refractivity contribution in [2.75, 3.05) is 0 Å². The highest BCUT2D eigenvalue weighted by Crippen LogP contribution is 2.45. The highest BCUT2D eigenvalue weighted by molar-refractivity contribution is 5.65. The van der Waals surface area contributed by atoms with Gasteiger partial charge in [-0.2, -0.15) is 10.4 Å². The summed E-state index contributed by atoms with van der Waals surface area (Å²) in [6, 6.07) is 8.65. The third kappa shape index (κ3) is 1.52. The highest BCUT2D eigenvalue weighted by Gasteiger charge is 2.41. The molecule has 18 heavy (non-hydrogen) atoms. The number of nitrogens with one attached hydrogen (secondary N) is 1. The zero-order valence-corrected chi connectivity index (χ0v) is 9.78. The van der Waals surface area contributed by atoms with Crippen molar-refractivity contribution in [1.82, 2.24) is 10.2 Å². The fourth-order valence-corrected chi connectivity index (χ4v) is 2.46. The lowest BCUT2D eigenvalue weighted by atomic mass is 9.65. The summed E-state index contributed by atoms with van der Waals surface area (Å²) in [5.41, 5.74) is 2.22. The summed E-state index contributed by atoms with van der Waals surface area (Å²) in [4.78, 5) is 0. The molecule has 0 amide bonds. The van der Waals surface area contributed by atoms with E-state index in [2.05, 4.69) is 16.3 Å². The second kappa shape index (κ2) is 3.95. The van der Waals surface area contributed by atoms with Crippen LogP contribution in [0, 0.1) is 17.1 Å². The molecule has 0 radical (unpaired) electrons. The Bertz CT molecular complexity index is 603. The lowest BCUT2D eigenvalue weighted by Crippen LogP contribution is -2.32. The van der Waals surface area contributed by atoms with Gasteiger partial charge in [0.2, 0.25) is 0 Å². The molecular weight excluding hydrogens is 229 g/mol. The smallest absolute Gasteiger partial charge is 0.123 e. The van der Waals surface area contributed by atoms with Crippen LogP contribution < -0.4 is 0 Å². The predicted molar refractivity (Wildman–Crippen MR) is 65.1 cm³/mol. The van der Waals surface area contributed by atoms with Crippen LogP contribution in [0.4, 0.5) is 4.39 Å². The summed E-state index contributed by atoms with van der Waals surface area (Å²) in [7, 11) is 0. The van der Waals surface area contributed by atoms with Crippen molar-refractivity contribution in [3.05, 3.63) is 41.8 Å². The first-order valence-corrected chi connectivity index (χ1v) is 5.96. The molecule has 3 nitrogen and oxygen atoms in total. The molecule has 0 saturated heterocycles. The minimum absolute atomic E-state index is 0.265. The van der Waals surface area contributed by atoms with E-state index in [1.807, 2.05) is 0 Å². The fraction of sp³-hybridized carbons (Fsp3) is 0.286. The number of aromatic amines is 1. The van der Waals surface area contributed by atoms with Crippen molar-refractivity contribution in [3.8, 4) is 17.3 Å². The molecule has 1 aromatic heterocycles. The van der Waals surface area contributed by atoms with Gasteiger partial charge in [0, 0.05) is 11.1 Å². The van der Waals surface area contributed by atoms with Crippen molar-refractivity contribution < 1.29 is 4.39 Å². The Labute approximate surface area is 104 Å². The van der Waals surface area contributed by atoms with Crippen LogP contribution in [0.3, 0.4) is 0 Å². The summed E-state index contributed by atoms with van der Waals surface area (Å²) in [5.74, 6) is -0.265. The van der Waals surface area contributed by atoms with Gasteiger partial charge in [-0.25, -0.2) is 4.39 Å². The Balaban J connectivity index is 2.07. The maximum absolute atomic E-state index is 12.9. The average Bonchev–Trinajstić information content (AvgIpc) is 2.79. The van der Waals surface area contributed by atoms with Gasteiger partial charge in [0.25, 0.3) is 0 Å². The molecule has 0 aliphatic heterocycles. The molecule has 1 aliphatic carbocycles. The normalized spacial score (nSPS) is 16.9. The molecule has 3 rings (SSSR count). The molecule has 90 valence electrons. The van der Waals surface area contributed by atoms with Crippen LogP contribution in [0.1, 0.15) is 24.8 Å². The Kier molecular flexibility index (Phi) is 2.41. The quantitative estimate of drug-likeness (QED) is 0.878. The van der Waals surface area contributed by atoms with Crippen molar-refractivity contribution in [1.29, 1.82) is 5.26 Å². The summed E-state index contributed by atoms with van der Waals surface area (Å²) >= 11 is 0. The first-order chi connectivity index (χ1) is 8.75. The summed E-state index contributed by atoms with van der Waals surface area (Å²) < 4.78 is 12.9.